The van der Waals surface area contributed by atoms with Crippen molar-refractivity contribution in [2.24, 2.45) is 10.3 Å². The summed E-state index contributed by atoms with van der Waals surface area (Å²) in [4.78, 5) is 24.0. The Labute approximate surface area is 171 Å². The summed E-state index contributed by atoms with van der Waals surface area (Å²) in [6.07, 6.45) is 2.36. The molecule has 1 N–H and O–H groups in total. The number of rotatable bonds is 11. The van der Waals surface area contributed by atoms with Crippen molar-refractivity contribution >= 4 is 17.4 Å². The number of carboxylic acids is 1. The number of aliphatic carboxylic acids is 1. The number of ether oxygens (including phenoxy) is 1. The summed E-state index contributed by atoms with van der Waals surface area (Å²) < 4.78 is 5.59. The third kappa shape index (κ3) is 7.03. The van der Waals surface area contributed by atoms with Gasteiger partial charge in [-0.05, 0) is 61.4 Å². The number of nitrogens with zero attached hydrogens (tertiary/aromatic N) is 3. The molecule has 7 nitrogen and oxygen atoms in total. The van der Waals surface area contributed by atoms with Crippen molar-refractivity contribution in [3.8, 4) is 5.75 Å². The second-order valence-corrected chi connectivity index (χ2v) is 6.88. The van der Waals surface area contributed by atoms with E-state index in [1.54, 1.807) is 67.6 Å². The van der Waals surface area contributed by atoms with Crippen LogP contribution in [0.2, 0.25) is 0 Å². The first-order chi connectivity index (χ1) is 13.9. The van der Waals surface area contributed by atoms with Gasteiger partial charge in [-0.15, -0.1) is 5.11 Å². The van der Waals surface area contributed by atoms with Gasteiger partial charge in [0.2, 0.25) is 0 Å². The van der Waals surface area contributed by atoms with Crippen LogP contribution in [0.15, 0.2) is 58.9 Å². The Morgan fingerprint density at radius 3 is 2.10 bits per heavy atom. The van der Waals surface area contributed by atoms with Gasteiger partial charge in [0.1, 0.15) is 5.75 Å². The van der Waals surface area contributed by atoms with Gasteiger partial charge in [0.15, 0.2) is 11.9 Å². The molecule has 0 fully saturated rings. The van der Waals surface area contributed by atoms with E-state index in [1.165, 1.54) is 0 Å². The third-order valence-electron chi connectivity index (χ3n) is 4.21. The number of hydrogen-bond acceptors (Lipinski definition) is 5. The molecule has 0 saturated carbocycles. The number of carbonyl (C=O) groups is 2. The van der Waals surface area contributed by atoms with E-state index in [2.05, 4.69) is 17.3 Å². The molecule has 0 amide bonds. The quantitative estimate of drug-likeness (QED) is 0.252. The topological polar surface area (TPSA) is 91.6 Å². The molecular formula is C22H27N3O4. The first-order valence-corrected chi connectivity index (χ1v) is 9.64. The lowest BCUT2D eigenvalue weighted by atomic mass is 10.0. The normalized spacial score (nSPS) is 12.0. The van der Waals surface area contributed by atoms with Crippen molar-refractivity contribution in [1.29, 1.82) is 0 Å². The van der Waals surface area contributed by atoms with Gasteiger partial charge in [0.05, 0.1) is 5.69 Å². The Balaban J connectivity index is 2.03. The number of hydrogen-bond donors (Lipinski definition) is 1. The van der Waals surface area contributed by atoms with Crippen molar-refractivity contribution in [3.63, 3.8) is 0 Å². The highest BCUT2D eigenvalue weighted by atomic mass is 16.5. The predicted octanol–water partition coefficient (Wildman–Crippen LogP) is 4.89. The van der Waals surface area contributed by atoms with Gasteiger partial charge < -0.3 is 9.84 Å². The zero-order valence-electron chi connectivity index (χ0n) is 17.0. The predicted molar refractivity (Wildman–Crippen MR) is 111 cm³/mol. The summed E-state index contributed by atoms with van der Waals surface area (Å²) in [5, 5.41) is 18.9. The van der Waals surface area contributed by atoms with E-state index in [9.17, 15) is 14.7 Å². The van der Waals surface area contributed by atoms with Crippen LogP contribution in [0.4, 0.5) is 5.69 Å². The molecule has 0 aliphatic rings. The molecule has 0 aromatic heterocycles. The molecule has 2 rings (SSSR count). The third-order valence-corrected chi connectivity index (χ3v) is 4.21. The Morgan fingerprint density at radius 2 is 1.59 bits per heavy atom. The van der Waals surface area contributed by atoms with Gasteiger partial charge in [-0.3, -0.25) is 9.80 Å². The van der Waals surface area contributed by atoms with Crippen molar-refractivity contribution in [3.05, 3.63) is 59.7 Å². The highest BCUT2D eigenvalue weighted by molar-refractivity contribution is 6.09. The molecule has 1 atom stereocenters. The Morgan fingerprint density at radius 1 is 1.00 bits per heavy atom. The molecular weight excluding hydrogens is 370 g/mol. The fourth-order valence-electron chi connectivity index (χ4n) is 2.65. The van der Waals surface area contributed by atoms with E-state index in [4.69, 9.17) is 4.74 Å². The SMILES string of the molecule is CCCCCC(Oc1ccc(C(=O)c2ccc(N=NN(C)C)cc2)cc1)C(=O)O. The van der Waals surface area contributed by atoms with Gasteiger partial charge >= 0.3 is 5.97 Å². The van der Waals surface area contributed by atoms with Crippen LogP contribution in [-0.2, 0) is 4.79 Å². The molecule has 2 aromatic carbocycles. The molecule has 2 aromatic rings. The largest absolute Gasteiger partial charge is 0.479 e. The number of benzene rings is 2. The Kier molecular flexibility index (Phi) is 8.33. The average molecular weight is 397 g/mol. The van der Waals surface area contributed by atoms with Gasteiger partial charge in [-0.25, -0.2) is 4.79 Å². The van der Waals surface area contributed by atoms with E-state index in [1.807, 2.05) is 0 Å². The van der Waals surface area contributed by atoms with Crippen LogP contribution in [0.3, 0.4) is 0 Å². The summed E-state index contributed by atoms with van der Waals surface area (Å²) in [6, 6.07) is 13.4. The lowest BCUT2D eigenvalue weighted by Gasteiger charge is -2.15. The first kappa shape index (κ1) is 22.1. The smallest absolute Gasteiger partial charge is 0.344 e. The average Bonchev–Trinajstić information content (AvgIpc) is 2.72. The second kappa shape index (κ2) is 10.9. The molecule has 0 heterocycles. The van der Waals surface area contributed by atoms with Gasteiger partial charge in [0, 0.05) is 25.2 Å². The van der Waals surface area contributed by atoms with Crippen LogP contribution in [0.1, 0.15) is 48.5 Å². The molecule has 29 heavy (non-hydrogen) atoms. The van der Waals surface area contributed by atoms with Crippen molar-refractivity contribution in [2.75, 3.05) is 14.1 Å². The first-order valence-electron chi connectivity index (χ1n) is 9.64. The second-order valence-electron chi connectivity index (χ2n) is 6.88. The summed E-state index contributed by atoms with van der Waals surface area (Å²) >= 11 is 0. The minimum Gasteiger partial charge on any atom is -0.479 e. The van der Waals surface area contributed by atoms with Crippen LogP contribution < -0.4 is 4.74 Å². The molecule has 0 radical (unpaired) electrons. The van der Waals surface area contributed by atoms with Gasteiger partial charge in [-0.1, -0.05) is 25.0 Å². The summed E-state index contributed by atoms with van der Waals surface area (Å²) in [5.41, 5.74) is 1.69. The molecule has 1 unspecified atom stereocenters. The van der Waals surface area contributed by atoms with E-state index >= 15 is 0 Å². The summed E-state index contributed by atoms with van der Waals surface area (Å²) in [5.74, 6) is -0.678. The molecule has 0 aliphatic carbocycles. The van der Waals surface area contributed by atoms with Crippen molar-refractivity contribution in [1.82, 2.24) is 5.01 Å². The highest BCUT2D eigenvalue weighted by Crippen LogP contribution is 2.20. The standard InChI is InChI=1S/C22H27N3O4/c1-4-5-6-7-20(22(27)28)29-19-14-10-17(11-15-19)21(26)16-8-12-18(13-9-16)23-24-25(2)3/h8-15,20H,4-7H2,1-3H3,(H,27,28). The maximum absolute atomic E-state index is 12.6. The van der Waals surface area contributed by atoms with Crippen LogP contribution in [0.5, 0.6) is 5.75 Å². The van der Waals surface area contributed by atoms with Crippen LogP contribution in [-0.4, -0.2) is 42.1 Å². The number of carboxylic acid groups (broad SMARTS) is 1. The maximum Gasteiger partial charge on any atom is 0.344 e. The number of unbranched alkanes of at least 4 members (excludes halogenated alkanes) is 2. The fraction of sp³-hybridized carbons (Fsp3) is 0.364. The minimum atomic E-state index is -0.979. The van der Waals surface area contributed by atoms with E-state index in [0.717, 1.165) is 19.3 Å². The van der Waals surface area contributed by atoms with E-state index in [-0.39, 0.29) is 5.78 Å². The molecule has 0 saturated heterocycles. The zero-order valence-corrected chi connectivity index (χ0v) is 17.0. The summed E-state index contributed by atoms with van der Waals surface area (Å²) in [7, 11) is 3.55. The fourth-order valence-corrected chi connectivity index (χ4v) is 2.65. The minimum absolute atomic E-state index is 0.134. The van der Waals surface area contributed by atoms with Crippen molar-refractivity contribution < 1.29 is 19.4 Å². The molecule has 0 aliphatic heterocycles. The lowest BCUT2D eigenvalue weighted by Crippen LogP contribution is -2.26. The maximum atomic E-state index is 12.6. The molecule has 0 spiro atoms. The van der Waals surface area contributed by atoms with Crippen LogP contribution in [0.25, 0.3) is 0 Å². The number of carbonyl (C=O) groups excluding carboxylic acids is 1. The summed E-state index contributed by atoms with van der Waals surface area (Å²) in [6.45, 7) is 2.06. The van der Waals surface area contributed by atoms with Gasteiger partial charge in [0.25, 0.3) is 0 Å². The number of ketones is 1. The highest BCUT2D eigenvalue weighted by Gasteiger charge is 2.19. The monoisotopic (exact) mass is 397 g/mol. The van der Waals surface area contributed by atoms with E-state index < -0.39 is 12.1 Å². The van der Waals surface area contributed by atoms with E-state index in [0.29, 0.717) is 29.0 Å². The molecule has 154 valence electrons. The lowest BCUT2D eigenvalue weighted by molar-refractivity contribution is -0.145. The Hall–Kier alpha value is -3.22. The zero-order chi connectivity index (χ0) is 21.2. The van der Waals surface area contributed by atoms with Crippen LogP contribution >= 0.6 is 0 Å². The Bertz CT molecular complexity index is 830. The van der Waals surface area contributed by atoms with Gasteiger partial charge in [-0.2, -0.15) is 0 Å². The molecule has 0 bridgehead atoms. The van der Waals surface area contributed by atoms with Crippen molar-refractivity contribution in [2.45, 2.75) is 38.7 Å². The molecule has 7 heteroatoms. The van der Waals surface area contributed by atoms with Crippen LogP contribution in [0, 0.1) is 0 Å².